The molecule has 2 aromatic heterocycles. The summed E-state index contributed by atoms with van der Waals surface area (Å²) in [5.41, 5.74) is -1.12. The molecule has 9 nitrogen and oxygen atoms in total. The minimum absolute atomic E-state index is 0.0538. The summed E-state index contributed by atoms with van der Waals surface area (Å²) in [6.45, 7) is 2.14. The number of ether oxygens (including phenoxy) is 2. The predicted octanol–water partition coefficient (Wildman–Crippen LogP) is 4.62. The van der Waals surface area contributed by atoms with Gasteiger partial charge in [0.15, 0.2) is 17.5 Å². The number of fused-ring (bicyclic) bond motifs is 7. The molecule has 4 aromatic rings. The van der Waals surface area contributed by atoms with Crippen LogP contribution in [-0.2, 0) is 0 Å². The summed E-state index contributed by atoms with van der Waals surface area (Å²) in [6, 6.07) is 4.83. The van der Waals surface area contributed by atoms with E-state index in [0.717, 1.165) is 44.4 Å². The topological polar surface area (TPSA) is 95.9 Å². The highest BCUT2D eigenvalue weighted by Gasteiger charge is 2.50. The Morgan fingerprint density at radius 1 is 1.07 bits per heavy atom. The third kappa shape index (κ3) is 4.09. The summed E-state index contributed by atoms with van der Waals surface area (Å²) in [5.74, 6) is -3.01. The molecule has 2 aromatic carbocycles. The Balaban J connectivity index is 1.24. The van der Waals surface area contributed by atoms with Gasteiger partial charge in [0.25, 0.3) is 0 Å². The molecule has 5 aliphatic rings. The molecular formula is C32H30F4N6O3. The number of nitrogens with one attached hydrogen (secondary N) is 1. The second-order valence-corrected chi connectivity index (χ2v) is 13.0. The maximum Gasteiger partial charge on any atom is 0.319 e. The summed E-state index contributed by atoms with van der Waals surface area (Å²) in [4.78, 5) is 18.1. The van der Waals surface area contributed by atoms with Gasteiger partial charge in [-0.25, -0.2) is 22.5 Å². The number of benzene rings is 2. The average Bonchev–Trinajstić information content (AvgIpc) is 3.65. The normalized spacial score (nSPS) is 28.8. The molecule has 45 heavy (non-hydrogen) atoms. The van der Waals surface area contributed by atoms with Crippen molar-refractivity contribution in [2.75, 3.05) is 37.7 Å². The SMILES string of the molecule is Oc1cc(-c2nc3c4c(nc(OC[C@]56CCCN5C[C@@H](F)C6)nc4c2F)N2C[C@H]4CC[C@H](N4)[C@H]2CO3)c2c(F)c(F)ccc2c1. The molecule has 9 rings (SSSR count). The zero-order valence-electron chi connectivity index (χ0n) is 24.2. The molecule has 0 saturated carbocycles. The van der Waals surface area contributed by atoms with Crippen LogP contribution in [0.1, 0.15) is 32.1 Å². The van der Waals surface area contributed by atoms with Crippen molar-refractivity contribution in [3.8, 4) is 28.9 Å². The van der Waals surface area contributed by atoms with Crippen molar-refractivity contribution >= 4 is 27.5 Å². The summed E-state index contributed by atoms with van der Waals surface area (Å²) < 4.78 is 73.5. The number of hydrogen-bond acceptors (Lipinski definition) is 9. The second kappa shape index (κ2) is 9.76. The zero-order chi connectivity index (χ0) is 30.6. The number of aromatic nitrogens is 3. The number of aromatic hydroxyl groups is 1. The van der Waals surface area contributed by atoms with Crippen LogP contribution < -0.4 is 19.7 Å². The van der Waals surface area contributed by atoms with Crippen LogP contribution in [-0.4, -0.2) is 87.6 Å². The van der Waals surface area contributed by atoms with Crippen molar-refractivity contribution in [1.29, 1.82) is 0 Å². The van der Waals surface area contributed by atoms with Crippen molar-refractivity contribution < 1.29 is 32.1 Å². The Labute approximate surface area is 255 Å². The lowest BCUT2D eigenvalue weighted by Gasteiger charge is -2.40. The third-order valence-electron chi connectivity index (χ3n) is 10.4. The van der Waals surface area contributed by atoms with E-state index in [2.05, 4.69) is 25.1 Å². The summed E-state index contributed by atoms with van der Waals surface area (Å²) >= 11 is 0. The average molecular weight is 623 g/mol. The molecule has 0 aliphatic carbocycles. The van der Waals surface area contributed by atoms with Gasteiger partial charge >= 0.3 is 6.01 Å². The van der Waals surface area contributed by atoms with Gasteiger partial charge in [-0.05, 0) is 55.8 Å². The maximum atomic E-state index is 16.8. The first-order valence-corrected chi connectivity index (χ1v) is 15.5. The predicted molar refractivity (Wildman–Crippen MR) is 157 cm³/mol. The van der Waals surface area contributed by atoms with E-state index in [1.165, 1.54) is 12.1 Å². The van der Waals surface area contributed by atoms with Crippen LogP contribution in [0.5, 0.6) is 17.6 Å². The molecule has 5 atom stereocenters. The van der Waals surface area contributed by atoms with Crippen LogP contribution >= 0.6 is 0 Å². The number of rotatable bonds is 4. The van der Waals surface area contributed by atoms with E-state index in [4.69, 9.17) is 14.5 Å². The van der Waals surface area contributed by atoms with Gasteiger partial charge in [0.1, 0.15) is 47.5 Å². The van der Waals surface area contributed by atoms with Crippen LogP contribution in [0.25, 0.3) is 32.9 Å². The fraction of sp³-hybridized carbons (Fsp3) is 0.469. The van der Waals surface area contributed by atoms with Gasteiger partial charge in [0.2, 0.25) is 5.88 Å². The molecule has 2 bridgehead atoms. The number of anilines is 1. The Kier molecular flexibility index (Phi) is 5.93. The minimum Gasteiger partial charge on any atom is -0.508 e. The fourth-order valence-electron chi connectivity index (χ4n) is 8.38. The van der Waals surface area contributed by atoms with E-state index >= 15 is 8.78 Å². The van der Waals surface area contributed by atoms with Crippen LogP contribution in [0.15, 0.2) is 24.3 Å². The number of phenolic OH excluding ortho intramolecular Hbond substituents is 1. The number of halogens is 4. The Morgan fingerprint density at radius 2 is 1.96 bits per heavy atom. The first-order chi connectivity index (χ1) is 21.8. The van der Waals surface area contributed by atoms with Gasteiger partial charge in [0, 0.05) is 42.5 Å². The van der Waals surface area contributed by atoms with Crippen LogP contribution in [0.2, 0.25) is 0 Å². The van der Waals surface area contributed by atoms with Gasteiger partial charge in [-0.3, -0.25) is 4.90 Å². The van der Waals surface area contributed by atoms with Crippen LogP contribution in [0, 0.1) is 17.5 Å². The molecular weight excluding hydrogens is 592 g/mol. The summed E-state index contributed by atoms with van der Waals surface area (Å²) in [5, 5.41) is 14.3. The number of nitrogens with zero attached hydrogens (tertiary/aromatic N) is 5. The van der Waals surface area contributed by atoms with Crippen molar-refractivity contribution in [1.82, 2.24) is 25.2 Å². The molecule has 0 radical (unpaired) electrons. The zero-order valence-corrected chi connectivity index (χ0v) is 24.2. The Bertz CT molecular complexity index is 1900. The molecule has 4 saturated heterocycles. The van der Waals surface area contributed by atoms with Gasteiger partial charge in [-0.15, -0.1) is 0 Å². The number of phenols is 1. The van der Waals surface area contributed by atoms with Crippen molar-refractivity contribution in [3.63, 3.8) is 0 Å². The highest BCUT2D eigenvalue weighted by atomic mass is 19.2. The van der Waals surface area contributed by atoms with Crippen molar-refractivity contribution in [2.24, 2.45) is 0 Å². The highest BCUT2D eigenvalue weighted by molar-refractivity contribution is 6.02. The van der Waals surface area contributed by atoms with E-state index in [9.17, 15) is 13.9 Å². The minimum atomic E-state index is -1.19. The quantitative estimate of drug-likeness (QED) is 0.316. The van der Waals surface area contributed by atoms with E-state index in [0.29, 0.717) is 25.3 Å². The Morgan fingerprint density at radius 3 is 2.84 bits per heavy atom. The molecule has 234 valence electrons. The molecule has 2 N–H and O–H groups in total. The van der Waals surface area contributed by atoms with Crippen molar-refractivity contribution in [3.05, 3.63) is 41.7 Å². The number of hydrogen-bond donors (Lipinski definition) is 2. The first kappa shape index (κ1) is 27.3. The van der Waals surface area contributed by atoms with E-state index in [1.807, 2.05) is 0 Å². The van der Waals surface area contributed by atoms with E-state index in [1.54, 1.807) is 0 Å². The molecule has 7 heterocycles. The van der Waals surface area contributed by atoms with E-state index < -0.39 is 29.2 Å². The maximum absolute atomic E-state index is 16.8. The summed E-state index contributed by atoms with van der Waals surface area (Å²) in [7, 11) is 0. The molecule has 0 amide bonds. The van der Waals surface area contributed by atoms with Crippen LogP contribution in [0.3, 0.4) is 0 Å². The van der Waals surface area contributed by atoms with Crippen LogP contribution in [0.4, 0.5) is 23.4 Å². The third-order valence-corrected chi connectivity index (χ3v) is 10.4. The molecule has 5 aliphatic heterocycles. The smallest absolute Gasteiger partial charge is 0.319 e. The van der Waals surface area contributed by atoms with Crippen molar-refractivity contribution in [2.45, 2.75) is 61.9 Å². The second-order valence-electron chi connectivity index (χ2n) is 13.0. The molecule has 4 fully saturated rings. The van der Waals surface area contributed by atoms with Gasteiger partial charge in [-0.1, -0.05) is 6.07 Å². The molecule has 0 spiro atoms. The summed E-state index contributed by atoms with van der Waals surface area (Å²) in [6.07, 6.45) is 3.06. The van der Waals surface area contributed by atoms with Gasteiger partial charge in [0.05, 0.1) is 11.6 Å². The fourth-order valence-corrected chi connectivity index (χ4v) is 8.38. The highest BCUT2D eigenvalue weighted by Crippen LogP contribution is 2.45. The van der Waals surface area contributed by atoms with Gasteiger partial charge in [-0.2, -0.15) is 9.97 Å². The largest absolute Gasteiger partial charge is 0.508 e. The Hall–Kier alpha value is -3.97. The lowest BCUT2D eigenvalue weighted by molar-refractivity contribution is 0.107. The van der Waals surface area contributed by atoms with Gasteiger partial charge < -0.3 is 24.8 Å². The number of piperazine rings is 1. The standard InChI is InChI=1S/C32H30F4N6O3/c33-16-10-32(6-1-7-41(32)11-16)14-45-31-39-28-24-29(40-31)42-12-17-3-5-21(37-17)22(42)13-44-30(24)38-27(26(28)36)19-9-18(43)8-15-2-4-20(34)25(35)23(15)19/h2,4,8-9,16-17,21-22,37,43H,1,3,5-7,10-14H2/t16-,17+,21-,22+,32+/m0/s1. The molecule has 13 heteroatoms. The first-order valence-electron chi connectivity index (χ1n) is 15.5. The lowest BCUT2D eigenvalue weighted by atomic mass is 9.95. The molecule has 0 unspecified atom stereocenters. The monoisotopic (exact) mass is 622 g/mol. The lowest BCUT2D eigenvalue weighted by Crippen LogP contribution is -2.60. The number of alkyl halides is 1. The number of pyridine rings is 1. The van der Waals surface area contributed by atoms with E-state index in [-0.39, 0.29) is 81.9 Å².